The van der Waals surface area contributed by atoms with Crippen LogP contribution >= 0.6 is 0 Å². The minimum Gasteiger partial charge on any atom is -0.480 e. The van der Waals surface area contributed by atoms with Crippen LogP contribution in [-0.4, -0.2) is 23.1 Å². The Morgan fingerprint density at radius 1 is 1.39 bits per heavy atom. The zero-order chi connectivity index (χ0) is 13.5. The molecule has 1 aromatic carbocycles. The molecule has 0 saturated heterocycles. The predicted molar refractivity (Wildman–Crippen MR) is 65.6 cm³/mol. The Labute approximate surface area is 105 Å². The normalized spacial score (nSPS) is 11.6. The fourth-order valence-corrected chi connectivity index (χ4v) is 1.24. The van der Waals surface area contributed by atoms with E-state index >= 15 is 0 Å². The molecule has 96 valence electrons. The number of carboxylic acids is 1. The van der Waals surface area contributed by atoms with Crippen molar-refractivity contribution >= 4 is 11.9 Å². The van der Waals surface area contributed by atoms with Crippen molar-refractivity contribution in [1.29, 1.82) is 0 Å². The summed E-state index contributed by atoms with van der Waals surface area (Å²) < 4.78 is 0. The summed E-state index contributed by atoms with van der Waals surface area (Å²) in [7, 11) is 0. The molecule has 0 heterocycles. The third-order valence-electron chi connectivity index (χ3n) is 2.22. The van der Waals surface area contributed by atoms with Crippen molar-refractivity contribution in [2.75, 3.05) is 0 Å². The Morgan fingerprint density at radius 3 is 2.50 bits per heavy atom. The summed E-state index contributed by atoms with van der Waals surface area (Å²) in [4.78, 5) is 26.8. The molecule has 18 heavy (non-hydrogen) atoms. The molecule has 2 N–H and O–H groups in total. The molecule has 0 unspecified atom stereocenters. The number of carbonyl (C=O) groups is 2. The smallest absolute Gasteiger partial charge is 0.351 e. The number of hydrogen-bond acceptors (Lipinski definition) is 4. The van der Waals surface area contributed by atoms with Crippen LogP contribution in [0.4, 0.5) is 0 Å². The van der Waals surface area contributed by atoms with Crippen molar-refractivity contribution in [3.63, 3.8) is 0 Å². The zero-order valence-corrected chi connectivity index (χ0v) is 10.1. The molecule has 0 fully saturated rings. The number of nitrogens with one attached hydrogen (secondary N) is 1. The van der Waals surface area contributed by atoms with Crippen molar-refractivity contribution in [1.82, 2.24) is 5.48 Å². The average Bonchev–Trinajstić information content (AvgIpc) is 2.34. The number of hydroxylamine groups is 1. The third-order valence-corrected chi connectivity index (χ3v) is 2.22. The molecule has 0 radical (unpaired) electrons. The summed E-state index contributed by atoms with van der Waals surface area (Å²) in [5.74, 6) is -1.76. The lowest BCUT2D eigenvalue weighted by molar-refractivity contribution is -0.154. The minimum absolute atomic E-state index is 0.200. The predicted octanol–water partition coefficient (Wildman–Crippen LogP) is 1.31. The maximum absolute atomic E-state index is 11.1. The van der Waals surface area contributed by atoms with E-state index in [1.54, 1.807) is 12.1 Å². The monoisotopic (exact) mass is 249 g/mol. The van der Waals surface area contributed by atoms with Gasteiger partial charge in [-0.05, 0) is 12.5 Å². The van der Waals surface area contributed by atoms with Gasteiger partial charge in [-0.1, -0.05) is 36.9 Å². The van der Waals surface area contributed by atoms with Crippen molar-refractivity contribution in [3.8, 4) is 0 Å². The molecule has 5 nitrogen and oxygen atoms in total. The summed E-state index contributed by atoms with van der Waals surface area (Å²) in [6.45, 7) is 4.88. The first-order chi connectivity index (χ1) is 8.50. The molecule has 5 heteroatoms. The van der Waals surface area contributed by atoms with Gasteiger partial charge >= 0.3 is 11.9 Å². The molecule has 1 rings (SSSR count). The average molecular weight is 249 g/mol. The highest BCUT2D eigenvalue weighted by Gasteiger charge is 2.19. The second-order valence-corrected chi connectivity index (χ2v) is 3.87. The van der Waals surface area contributed by atoms with Gasteiger partial charge in [-0.25, -0.2) is 4.79 Å². The van der Waals surface area contributed by atoms with Gasteiger partial charge in [0, 0.05) is 12.0 Å². The van der Waals surface area contributed by atoms with Crippen LogP contribution in [0.1, 0.15) is 12.5 Å². The van der Waals surface area contributed by atoms with E-state index in [0.717, 1.165) is 5.56 Å². The van der Waals surface area contributed by atoms with Crippen LogP contribution in [0.2, 0.25) is 0 Å². The Bertz CT molecular complexity index is 442. The van der Waals surface area contributed by atoms with Crippen molar-refractivity contribution < 1.29 is 19.5 Å². The number of carbonyl (C=O) groups excluding carboxylic acids is 1. The first-order valence-corrected chi connectivity index (χ1v) is 5.39. The van der Waals surface area contributed by atoms with E-state index in [2.05, 4.69) is 16.9 Å². The summed E-state index contributed by atoms with van der Waals surface area (Å²) in [6.07, 6.45) is 0.222. The van der Waals surface area contributed by atoms with E-state index in [0.29, 0.717) is 0 Å². The van der Waals surface area contributed by atoms with Crippen molar-refractivity contribution in [3.05, 3.63) is 48.0 Å². The van der Waals surface area contributed by atoms with E-state index in [4.69, 9.17) is 5.11 Å². The van der Waals surface area contributed by atoms with Gasteiger partial charge in [0.1, 0.15) is 6.04 Å². The third kappa shape index (κ3) is 4.39. The first kappa shape index (κ1) is 13.9. The molecular weight excluding hydrogens is 234 g/mol. The van der Waals surface area contributed by atoms with E-state index in [9.17, 15) is 9.59 Å². The standard InChI is InChI=1S/C13H15NO4/c1-9(2)13(17)18-14-11(12(15)16)8-10-6-4-3-5-7-10/h3-7,11,14H,1,8H2,2H3,(H,15,16)/t11-/m0/s1. The molecule has 1 aromatic rings. The highest BCUT2D eigenvalue weighted by atomic mass is 16.7. The van der Waals surface area contributed by atoms with Gasteiger partial charge in [0.2, 0.25) is 0 Å². The Morgan fingerprint density at radius 2 is 2.00 bits per heavy atom. The van der Waals surface area contributed by atoms with Crippen LogP contribution < -0.4 is 5.48 Å². The molecule has 0 amide bonds. The summed E-state index contributed by atoms with van der Waals surface area (Å²) in [5, 5.41) is 9.01. The topological polar surface area (TPSA) is 75.6 Å². The number of rotatable bonds is 6. The number of aliphatic carboxylic acids is 1. The summed E-state index contributed by atoms with van der Waals surface area (Å²) in [6, 6.07) is 8.09. The lowest BCUT2D eigenvalue weighted by atomic mass is 10.1. The SMILES string of the molecule is C=C(C)C(=O)ON[C@@H](Cc1ccccc1)C(=O)O. The quantitative estimate of drug-likeness (QED) is 0.587. The number of hydrogen-bond donors (Lipinski definition) is 2. The second-order valence-electron chi connectivity index (χ2n) is 3.87. The molecular formula is C13H15NO4. The van der Waals surface area contributed by atoms with Gasteiger partial charge in [0.25, 0.3) is 0 Å². The molecule has 0 spiro atoms. The van der Waals surface area contributed by atoms with Crippen LogP contribution in [0.3, 0.4) is 0 Å². The van der Waals surface area contributed by atoms with Crippen molar-refractivity contribution in [2.24, 2.45) is 0 Å². The van der Waals surface area contributed by atoms with Crippen LogP contribution in [0.15, 0.2) is 42.5 Å². The summed E-state index contributed by atoms with van der Waals surface area (Å²) in [5.41, 5.74) is 3.28. The zero-order valence-electron chi connectivity index (χ0n) is 10.1. The molecule has 0 aromatic heterocycles. The molecule has 0 bridgehead atoms. The second kappa shape index (κ2) is 6.56. The van der Waals surface area contributed by atoms with Gasteiger partial charge in [0.05, 0.1) is 0 Å². The highest BCUT2D eigenvalue weighted by Crippen LogP contribution is 2.04. The van der Waals surface area contributed by atoms with E-state index in [1.165, 1.54) is 6.92 Å². The van der Waals surface area contributed by atoms with Crippen LogP contribution in [0.5, 0.6) is 0 Å². The van der Waals surface area contributed by atoms with Gasteiger partial charge in [0.15, 0.2) is 0 Å². The molecule has 0 aliphatic heterocycles. The van der Waals surface area contributed by atoms with Gasteiger partial charge in [-0.2, -0.15) is 0 Å². The van der Waals surface area contributed by atoms with Crippen LogP contribution in [-0.2, 0) is 20.8 Å². The molecule has 0 saturated carbocycles. The molecule has 0 aliphatic carbocycles. The number of carboxylic acid groups (broad SMARTS) is 1. The maximum Gasteiger partial charge on any atom is 0.351 e. The lowest BCUT2D eigenvalue weighted by Gasteiger charge is -2.13. The Hall–Kier alpha value is -2.14. The minimum atomic E-state index is -1.09. The fraction of sp³-hybridized carbons (Fsp3) is 0.231. The van der Waals surface area contributed by atoms with Crippen LogP contribution in [0, 0.1) is 0 Å². The van der Waals surface area contributed by atoms with Crippen LogP contribution in [0.25, 0.3) is 0 Å². The Balaban J connectivity index is 2.59. The maximum atomic E-state index is 11.1. The fourth-order valence-electron chi connectivity index (χ4n) is 1.24. The van der Waals surface area contributed by atoms with Gasteiger partial charge < -0.3 is 9.94 Å². The largest absolute Gasteiger partial charge is 0.480 e. The summed E-state index contributed by atoms with van der Waals surface area (Å²) >= 11 is 0. The van der Waals surface area contributed by atoms with Gasteiger partial charge in [-0.15, -0.1) is 5.48 Å². The van der Waals surface area contributed by atoms with Gasteiger partial charge in [-0.3, -0.25) is 4.79 Å². The highest BCUT2D eigenvalue weighted by molar-refractivity contribution is 5.87. The Kier molecular flexibility index (Phi) is 5.07. The van der Waals surface area contributed by atoms with E-state index in [1.807, 2.05) is 18.2 Å². The molecule has 0 aliphatic rings. The van der Waals surface area contributed by atoms with E-state index < -0.39 is 18.0 Å². The molecule has 1 atom stereocenters. The first-order valence-electron chi connectivity index (χ1n) is 5.39. The lowest BCUT2D eigenvalue weighted by Crippen LogP contribution is -2.40. The van der Waals surface area contributed by atoms with E-state index in [-0.39, 0.29) is 12.0 Å². The number of benzene rings is 1. The van der Waals surface area contributed by atoms with Crippen molar-refractivity contribution in [2.45, 2.75) is 19.4 Å².